The highest BCUT2D eigenvalue weighted by molar-refractivity contribution is 6.33. The van der Waals surface area contributed by atoms with Gasteiger partial charge in [0.25, 0.3) is 0 Å². The third-order valence-electron chi connectivity index (χ3n) is 3.80. The Morgan fingerprint density at radius 2 is 2.11 bits per heavy atom. The summed E-state index contributed by atoms with van der Waals surface area (Å²) in [5.41, 5.74) is 0.754. The lowest BCUT2D eigenvalue weighted by Crippen LogP contribution is -2.42. The number of anilines is 1. The summed E-state index contributed by atoms with van der Waals surface area (Å²) >= 11 is 6.17. The number of carbonyl (C=O) groups is 1. The summed E-state index contributed by atoms with van der Waals surface area (Å²) < 4.78 is 0. The van der Waals surface area contributed by atoms with Crippen molar-refractivity contribution < 1.29 is 9.90 Å². The van der Waals surface area contributed by atoms with Gasteiger partial charge in [0, 0.05) is 13.1 Å². The molecule has 2 rings (SSSR count). The molecule has 5 heteroatoms. The first-order chi connectivity index (χ1) is 8.96. The van der Waals surface area contributed by atoms with Gasteiger partial charge in [-0.15, -0.1) is 0 Å². The molecule has 0 aromatic heterocycles. The van der Waals surface area contributed by atoms with Crippen molar-refractivity contribution in [3.63, 3.8) is 0 Å². The van der Waals surface area contributed by atoms with Crippen LogP contribution in [-0.4, -0.2) is 24.2 Å². The van der Waals surface area contributed by atoms with E-state index in [9.17, 15) is 9.90 Å². The quantitative estimate of drug-likeness (QED) is 0.903. The third kappa shape index (κ3) is 2.66. The van der Waals surface area contributed by atoms with Crippen molar-refractivity contribution in [2.24, 2.45) is 5.41 Å². The Bertz CT molecular complexity index is 543. The molecule has 1 N–H and O–H groups in total. The standard InChI is InChI=1S/C14H15ClN2O2/c1-14(13(18)19)4-6-17(7-5-14)12-3-2-10(9-16)8-11(12)15/h2-3,8H,4-7H2,1H3,(H,18,19). The number of benzene rings is 1. The van der Waals surface area contributed by atoms with Crippen molar-refractivity contribution in [3.05, 3.63) is 28.8 Å². The van der Waals surface area contributed by atoms with E-state index in [1.54, 1.807) is 19.1 Å². The van der Waals surface area contributed by atoms with Gasteiger partial charge in [0.2, 0.25) is 0 Å². The van der Waals surface area contributed by atoms with Crippen molar-refractivity contribution in [1.29, 1.82) is 5.26 Å². The Hall–Kier alpha value is -1.73. The highest BCUT2D eigenvalue weighted by Gasteiger charge is 2.37. The molecule has 1 aromatic carbocycles. The average molecular weight is 279 g/mol. The number of nitrogens with zero attached hydrogens (tertiary/aromatic N) is 2. The van der Waals surface area contributed by atoms with Crippen LogP contribution in [-0.2, 0) is 4.79 Å². The molecule has 1 heterocycles. The normalized spacial score (nSPS) is 17.8. The number of halogens is 1. The topological polar surface area (TPSA) is 64.3 Å². The van der Waals surface area contributed by atoms with Crippen molar-refractivity contribution in [2.45, 2.75) is 19.8 Å². The van der Waals surface area contributed by atoms with Crippen LogP contribution in [0.2, 0.25) is 5.02 Å². The molecule has 0 spiro atoms. The van der Waals surface area contributed by atoms with Gasteiger partial charge in [-0.25, -0.2) is 0 Å². The van der Waals surface area contributed by atoms with E-state index >= 15 is 0 Å². The van der Waals surface area contributed by atoms with Crippen LogP contribution in [0.25, 0.3) is 0 Å². The number of carboxylic acid groups (broad SMARTS) is 1. The van der Waals surface area contributed by atoms with Gasteiger partial charge in [-0.2, -0.15) is 5.26 Å². The second-order valence-corrected chi connectivity index (χ2v) is 5.54. The predicted octanol–water partition coefficient (Wildman–Crippen LogP) is 2.90. The SMILES string of the molecule is CC1(C(=O)O)CCN(c2ccc(C#N)cc2Cl)CC1. The van der Waals surface area contributed by atoms with E-state index in [2.05, 4.69) is 4.90 Å². The van der Waals surface area contributed by atoms with Gasteiger partial charge >= 0.3 is 5.97 Å². The number of piperidine rings is 1. The Morgan fingerprint density at radius 3 is 2.58 bits per heavy atom. The number of nitriles is 1. The summed E-state index contributed by atoms with van der Waals surface area (Å²) in [5.74, 6) is -0.738. The van der Waals surface area contributed by atoms with Gasteiger partial charge < -0.3 is 10.0 Å². The first-order valence-electron chi connectivity index (χ1n) is 6.14. The van der Waals surface area contributed by atoms with E-state index in [1.807, 2.05) is 12.1 Å². The zero-order valence-electron chi connectivity index (χ0n) is 10.7. The zero-order chi connectivity index (χ0) is 14.0. The monoisotopic (exact) mass is 278 g/mol. The Morgan fingerprint density at radius 1 is 1.47 bits per heavy atom. The molecule has 19 heavy (non-hydrogen) atoms. The van der Waals surface area contributed by atoms with Gasteiger partial charge in [-0.3, -0.25) is 4.79 Å². The maximum absolute atomic E-state index is 11.2. The molecule has 1 aliphatic rings. The van der Waals surface area contributed by atoms with Gasteiger partial charge in [0.05, 0.1) is 27.8 Å². The molecule has 0 saturated carbocycles. The molecule has 1 aromatic rings. The van der Waals surface area contributed by atoms with Crippen LogP contribution < -0.4 is 4.90 Å². The first-order valence-corrected chi connectivity index (χ1v) is 6.52. The van der Waals surface area contributed by atoms with E-state index in [0.717, 1.165) is 5.69 Å². The molecule has 1 saturated heterocycles. The smallest absolute Gasteiger partial charge is 0.309 e. The van der Waals surface area contributed by atoms with Crippen LogP contribution in [0, 0.1) is 16.7 Å². The van der Waals surface area contributed by atoms with Gasteiger partial charge in [0.15, 0.2) is 0 Å². The average Bonchev–Trinajstić information content (AvgIpc) is 2.40. The van der Waals surface area contributed by atoms with E-state index in [-0.39, 0.29) is 0 Å². The Balaban J connectivity index is 2.14. The van der Waals surface area contributed by atoms with Crippen molar-refractivity contribution >= 4 is 23.3 Å². The second-order valence-electron chi connectivity index (χ2n) is 5.13. The molecular weight excluding hydrogens is 264 g/mol. The number of aliphatic carboxylic acids is 1. The molecule has 0 radical (unpaired) electrons. The fourth-order valence-corrected chi connectivity index (χ4v) is 2.59. The van der Waals surface area contributed by atoms with E-state index in [4.69, 9.17) is 16.9 Å². The van der Waals surface area contributed by atoms with Crippen LogP contribution in [0.3, 0.4) is 0 Å². The number of rotatable bonds is 2. The largest absolute Gasteiger partial charge is 0.481 e. The lowest BCUT2D eigenvalue weighted by atomic mass is 9.80. The minimum absolute atomic E-state index is 0.529. The summed E-state index contributed by atoms with van der Waals surface area (Å²) in [7, 11) is 0. The molecule has 0 aliphatic carbocycles. The molecule has 0 amide bonds. The van der Waals surface area contributed by atoms with Crippen molar-refractivity contribution in [2.75, 3.05) is 18.0 Å². The maximum Gasteiger partial charge on any atom is 0.309 e. The number of carboxylic acids is 1. The van der Waals surface area contributed by atoms with Crippen molar-refractivity contribution in [1.82, 2.24) is 0 Å². The van der Waals surface area contributed by atoms with Crippen LogP contribution >= 0.6 is 11.6 Å². The highest BCUT2D eigenvalue weighted by atomic mass is 35.5. The second kappa shape index (κ2) is 5.10. The lowest BCUT2D eigenvalue weighted by molar-refractivity contribution is -0.149. The van der Waals surface area contributed by atoms with Crippen LogP contribution in [0.1, 0.15) is 25.3 Å². The number of hydrogen-bond acceptors (Lipinski definition) is 3. The van der Waals surface area contributed by atoms with Crippen LogP contribution in [0.5, 0.6) is 0 Å². The third-order valence-corrected chi connectivity index (χ3v) is 4.10. The van der Waals surface area contributed by atoms with Crippen LogP contribution in [0.4, 0.5) is 5.69 Å². The predicted molar refractivity (Wildman–Crippen MR) is 73.4 cm³/mol. The molecule has 4 nitrogen and oxygen atoms in total. The summed E-state index contributed by atoms with van der Waals surface area (Å²) in [5, 5.41) is 18.5. The minimum Gasteiger partial charge on any atom is -0.481 e. The Labute approximate surface area is 117 Å². The fourth-order valence-electron chi connectivity index (χ4n) is 2.29. The molecule has 1 fully saturated rings. The highest BCUT2D eigenvalue weighted by Crippen LogP contribution is 2.35. The van der Waals surface area contributed by atoms with Crippen LogP contribution in [0.15, 0.2) is 18.2 Å². The fraction of sp³-hybridized carbons (Fsp3) is 0.429. The Kier molecular flexibility index (Phi) is 3.68. The first kappa shape index (κ1) is 13.7. The van der Waals surface area contributed by atoms with E-state index in [0.29, 0.717) is 36.5 Å². The molecule has 0 bridgehead atoms. The van der Waals surface area contributed by atoms with Gasteiger partial charge in [-0.05, 0) is 38.0 Å². The molecule has 1 aliphatic heterocycles. The number of hydrogen-bond donors (Lipinski definition) is 1. The molecular formula is C14H15ClN2O2. The molecule has 0 atom stereocenters. The lowest BCUT2D eigenvalue weighted by Gasteiger charge is -2.38. The summed E-state index contributed by atoms with van der Waals surface area (Å²) in [4.78, 5) is 13.3. The summed E-state index contributed by atoms with van der Waals surface area (Å²) in [6, 6.07) is 7.24. The minimum atomic E-state index is -0.738. The molecule has 0 unspecified atom stereocenters. The van der Waals surface area contributed by atoms with E-state index in [1.165, 1.54) is 0 Å². The van der Waals surface area contributed by atoms with Crippen molar-refractivity contribution in [3.8, 4) is 6.07 Å². The molecule has 100 valence electrons. The van der Waals surface area contributed by atoms with Gasteiger partial charge in [0.1, 0.15) is 0 Å². The van der Waals surface area contributed by atoms with E-state index < -0.39 is 11.4 Å². The maximum atomic E-state index is 11.2. The summed E-state index contributed by atoms with van der Waals surface area (Å²) in [6.07, 6.45) is 1.19. The summed E-state index contributed by atoms with van der Waals surface area (Å²) in [6.45, 7) is 3.11. The zero-order valence-corrected chi connectivity index (χ0v) is 11.4. The van der Waals surface area contributed by atoms with Gasteiger partial charge in [-0.1, -0.05) is 11.6 Å².